The van der Waals surface area contributed by atoms with E-state index in [1.165, 1.54) is 6.08 Å². The van der Waals surface area contributed by atoms with E-state index in [1.54, 1.807) is 0 Å². The number of carboxylic acids is 1. The molecule has 1 fully saturated rings. The quantitative estimate of drug-likeness (QED) is 0.780. The van der Waals surface area contributed by atoms with Gasteiger partial charge in [0.1, 0.15) is 6.61 Å². The van der Waals surface area contributed by atoms with Gasteiger partial charge in [-0.25, -0.2) is 4.79 Å². The Labute approximate surface area is 117 Å². The summed E-state index contributed by atoms with van der Waals surface area (Å²) in [4.78, 5) is 22.4. The van der Waals surface area contributed by atoms with Crippen molar-refractivity contribution in [2.75, 3.05) is 6.61 Å². The van der Waals surface area contributed by atoms with Crippen LogP contribution in [0.5, 0.6) is 0 Å². The number of aliphatic carboxylic acids is 1. The van der Waals surface area contributed by atoms with Gasteiger partial charge in [-0.15, -0.1) is 0 Å². The minimum Gasteiger partial charge on any atom is -0.481 e. The molecule has 0 saturated heterocycles. The molecule has 1 aromatic carbocycles. The molecule has 0 aliphatic heterocycles. The van der Waals surface area contributed by atoms with Crippen molar-refractivity contribution in [1.29, 1.82) is 0 Å². The lowest BCUT2D eigenvalue weighted by molar-refractivity contribution is -0.140. The Morgan fingerprint density at radius 2 is 2.00 bits per heavy atom. The molecule has 2 rings (SSSR count). The Bertz CT molecular complexity index is 517. The van der Waals surface area contributed by atoms with Gasteiger partial charge in [-0.3, -0.25) is 4.79 Å². The molecule has 0 atom stereocenters. The van der Waals surface area contributed by atoms with Crippen LogP contribution in [0.15, 0.2) is 36.9 Å². The molecule has 0 bridgehead atoms. The Hall–Kier alpha value is -2.30. The number of ether oxygens (including phenoxy) is 1. The Morgan fingerprint density at radius 3 is 2.50 bits per heavy atom. The highest BCUT2D eigenvalue weighted by molar-refractivity contribution is 5.84. The molecule has 1 aliphatic carbocycles. The van der Waals surface area contributed by atoms with Crippen molar-refractivity contribution >= 4 is 12.1 Å². The number of carbonyl (C=O) groups is 2. The van der Waals surface area contributed by atoms with Crippen molar-refractivity contribution in [2.24, 2.45) is 0 Å². The molecular weight excluding hydrogens is 258 g/mol. The molecule has 20 heavy (non-hydrogen) atoms. The van der Waals surface area contributed by atoms with E-state index in [0.29, 0.717) is 19.4 Å². The first-order chi connectivity index (χ1) is 9.58. The number of benzene rings is 1. The third-order valence-electron chi connectivity index (χ3n) is 3.44. The largest absolute Gasteiger partial charge is 0.481 e. The Kier molecular flexibility index (Phi) is 4.08. The van der Waals surface area contributed by atoms with Gasteiger partial charge in [-0.1, -0.05) is 36.9 Å². The van der Waals surface area contributed by atoms with Crippen LogP contribution in [0.4, 0.5) is 4.79 Å². The van der Waals surface area contributed by atoms with Crippen LogP contribution in [0.1, 0.15) is 24.0 Å². The van der Waals surface area contributed by atoms with Crippen LogP contribution in [-0.4, -0.2) is 23.8 Å². The van der Waals surface area contributed by atoms with E-state index in [-0.39, 0.29) is 6.61 Å². The zero-order valence-corrected chi connectivity index (χ0v) is 11.1. The van der Waals surface area contributed by atoms with Gasteiger partial charge < -0.3 is 15.2 Å². The molecule has 0 radical (unpaired) electrons. The van der Waals surface area contributed by atoms with Gasteiger partial charge in [-0.05, 0) is 24.0 Å². The van der Waals surface area contributed by atoms with Crippen molar-refractivity contribution in [3.8, 4) is 0 Å². The van der Waals surface area contributed by atoms with Crippen molar-refractivity contribution < 1.29 is 19.4 Å². The number of carbonyl (C=O) groups excluding carboxylic acids is 1. The summed E-state index contributed by atoms with van der Waals surface area (Å²) in [5, 5.41) is 11.8. The maximum absolute atomic E-state index is 11.2. The lowest BCUT2D eigenvalue weighted by Gasteiger charge is -2.11. The molecule has 0 spiro atoms. The summed E-state index contributed by atoms with van der Waals surface area (Å²) < 4.78 is 4.79. The van der Waals surface area contributed by atoms with E-state index in [4.69, 9.17) is 4.74 Å². The monoisotopic (exact) mass is 275 g/mol. The van der Waals surface area contributed by atoms with E-state index in [0.717, 1.165) is 11.1 Å². The maximum Gasteiger partial charge on any atom is 0.407 e. The molecule has 5 nitrogen and oxygen atoms in total. The van der Waals surface area contributed by atoms with E-state index < -0.39 is 17.5 Å². The predicted octanol–water partition coefficient (Wildman–Crippen LogP) is 2.21. The second-order valence-corrected chi connectivity index (χ2v) is 4.82. The summed E-state index contributed by atoms with van der Waals surface area (Å²) in [5.41, 5.74) is 1.03. The molecule has 0 heterocycles. The van der Waals surface area contributed by atoms with Gasteiger partial charge in [0.15, 0.2) is 0 Å². The maximum atomic E-state index is 11.2. The third-order valence-corrected chi connectivity index (χ3v) is 3.44. The second kappa shape index (κ2) is 5.77. The first-order valence-corrected chi connectivity index (χ1v) is 6.43. The highest BCUT2D eigenvalue weighted by Crippen LogP contribution is 2.48. The molecule has 0 unspecified atom stereocenters. The van der Waals surface area contributed by atoms with E-state index in [9.17, 15) is 14.7 Å². The number of carboxylic acid groups (broad SMARTS) is 1. The number of rotatable bonds is 6. The number of amides is 1. The van der Waals surface area contributed by atoms with Crippen LogP contribution < -0.4 is 5.32 Å². The third kappa shape index (κ3) is 2.99. The van der Waals surface area contributed by atoms with Gasteiger partial charge in [0.05, 0.1) is 5.41 Å². The van der Waals surface area contributed by atoms with Crippen LogP contribution in [-0.2, 0) is 21.5 Å². The predicted molar refractivity (Wildman–Crippen MR) is 73.4 cm³/mol. The van der Waals surface area contributed by atoms with Crippen LogP contribution >= 0.6 is 0 Å². The molecule has 1 amide bonds. The number of alkyl carbamates (subject to hydrolysis) is 1. The molecule has 106 valence electrons. The van der Waals surface area contributed by atoms with Gasteiger partial charge >= 0.3 is 12.1 Å². The minimum absolute atomic E-state index is 0.173. The summed E-state index contributed by atoms with van der Waals surface area (Å²) in [7, 11) is 0. The molecule has 2 N–H and O–H groups in total. The first kappa shape index (κ1) is 14.1. The standard InChI is InChI=1S/C15H17NO4/c1-2-9-20-14(19)16-10-11-3-5-12(6-4-11)15(7-8-15)13(17)18/h2-6H,1,7-10H2,(H,16,19)(H,17,18). The topological polar surface area (TPSA) is 75.6 Å². The molecule has 0 aromatic heterocycles. The summed E-state index contributed by atoms with van der Waals surface area (Å²) >= 11 is 0. The SMILES string of the molecule is C=CCOC(=O)NCc1ccc(C2(C(=O)O)CC2)cc1. The number of hydrogen-bond donors (Lipinski definition) is 2. The van der Waals surface area contributed by atoms with Gasteiger partial charge in [0, 0.05) is 6.54 Å². The van der Waals surface area contributed by atoms with Gasteiger partial charge in [0.2, 0.25) is 0 Å². The average Bonchev–Trinajstić information content (AvgIpc) is 3.25. The van der Waals surface area contributed by atoms with E-state index in [2.05, 4.69) is 11.9 Å². The minimum atomic E-state index is -0.767. The summed E-state index contributed by atoms with van der Waals surface area (Å²) in [6.07, 6.45) is 2.37. The normalized spacial score (nSPS) is 15.2. The molecular formula is C15H17NO4. The Morgan fingerprint density at radius 1 is 1.35 bits per heavy atom. The summed E-state index contributed by atoms with van der Waals surface area (Å²) in [6.45, 7) is 3.97. The highest BCUT2D eigenvalue weighted by Gasteiger charge is 2.51. The fraction of sp³-hybridized carbons (Fsp3) is 0.333. The zero-order chi connectivity index (χ0) is 14.6. The first-order valence-electron chi connectivity index (χ1n) is 6.43. The number of hydrogen-bond acceptors (Lipinski definition) is 3. The summed E-state index contributed by atoms with van der Waals surface area (Å²) in [5.74, 6) is -0.767. The summed E-state index contributed by atoms with van der Waals surface area (Å²) in [6, 6.07) is 7.28. The average molecular weight is 275 g/mol. The lowest BCUT2D eigenvalue weighted by atomic mass is 9.95. The second-order valence-electron chi connectivity index (χ2n) is 4.82. The fourth-order valence-corrected chi connectivity index (χ4v) is 2.05. The zero-order valence-electron chi connectivity index (χ0n) is 11.1. The van der Waals surface area contributed by atoms with Gasteiger partial charge in [-0.2, -0.15) is 0 Å². The van der Waals surface area contributed by atoms with Crippen molar-refractivity contribution in [3.63, 3.8) is 0 Å². The molecule has 5 heteroatoms. The van der Waals surface area contributed by atoms with Crippen molar-refractivity contribution in [1.82, 2.24) is 5.32 Å². The highest BCUT2D eigenvalue weighted by atomic mass is 16.5. The molecule has 1 saturated carbocycles. The molecule has 1 aliphatic rings. The van der Waals surface area contributed by atoms with Crippen molar-refractivity contribution in [3.05, 3.63) is 48.0 Å². The van der Waals surface area contributed by atoms with Crippen LogP contribution in [0.2, 0.25) is 0 Å². The lowest BCUT2D eigenvalue weighted by Crippen LogP contribution is -2.24. The van der Waals surface area contributed by atoms with Gasteiger partial charge in [0.25, 0.3) is 0 Å². The smallest absolute Gasteiger partial charge is 0.407 e. The van der Waals surface area contributed by atoms with Crippen LogP contribution in [0, 0.1) is 0 Å². The van der Waals surface area contributed by atoms with Crippen LogP contribution in [0.25, 0.3) is 0 Å². The molecule has 1 aromatic rings. The Balaban J connectivity index is 1.91. The van der Waals surface area contributed by atoms with Crippen molar-refractivity contribution in [2.45, 2.75) is 24.8 Å². The van der Waals surface area contributed by atoms with E-state index in [1.807, 2.05) is 24.3 Å². The van der Waals surface area contributed by atoms with E-state index >= 15 is 0 Å². The van der Waals surface area contributed by atoms with Crippen LogP contribution in [0.3, 0.4) is 0 Å². The number of nitrogens with one attached hydrogen (secondary N) is 1. The fourth-order valence-electron chi connectivity index (χ4n) is 2.05.